The van der Waals surface area contributed by atoms with Crippen molar-refractivity contribution in [3.63, 3.8) is 0 Å². The molecule has 2 aromatic heterocycles. The Morgan fingerprint density at radius 3 is 2.47 bits per heavy atom. The monoisotopic (exact) mass is 488 g/mol. The number of nitrogens with one attached hydrogen (secondary N) is 1. The van der Waals surface area contributed by atoms with Crippen LogP contribution < -0.4 is 15.0 Å². The number of aryl methyl sites for hydroxylation is 1. The Bertz CT molecular complexity index is 1340. The molecule has 2 atom stereocenters. The molecule has 1 fully saturated rings. The van der Waals surface area contributed by atoms with Crippen molar-refractivity contribution in [1.29, 1.82) is 0 Å². The average molecular weight is 489 g/mol. The van der Waals surface area contributed by atoms with Gasteiger partial charge in [0.2, 0.25) is 0 Å². The molecule has 3 heterocycles. The highest BCUT2D eigenvalue weighted by atomic mass is 35.5. The van der Waals surface area contributed by atoms with E-state index in [0.29, 0.717) is 5.11 Å². The fourth-order valence-electron chi connectivity index (χ4n) is 4.78. The van der Waals surface area contributed by atoms with Crippen molar-refractivity contribution in [3.8, 4) is 11.4 Å². The molecular formula is C27H25ClN4OS. The van der Waals surface area contributed by atoms with Crippen molar-refractivity contribution < 1.29 is 4.74 Å². The van der Waals surface area contributed by atoms with Crippen molar-refractivity contribution in [3.05, 3.63) is 107 Å². The third-order valence-electron chi connectivity index (χ3n) is 6.30. The Labute approximate surface area is 210 Å². The van der Waals surface area contributed by atoms with Crippen molar-refractivity contribution >= 4 is 34.6 Å². The Morgan fingerprint density at radius 2 is 1.76 bits per heavy atom. The lowest BCUT2D eigenvalue weighted by Crippen LogP contribution is -2.29. The van der Waals surface area contributed by atoms with E-state index in [1.54, 1.807) is 7.11 Å². The summed E-state index contributed by atoms with van der Waals surface area (Å²) in [4.78, 5) is 6.84. The molecule has 0 aliphatic carbocycles. The highest BCUT2D eigenvalue weighted by molar-refractivity contribution is 7.80. The summed E-state index contributed by atoms with van der Waals surface area (Å²) < 4.78 is 7.76. The first kappa shape index (κ1) is 22.4. The first-order valence-electron chi connectivity index (χ1n) is 11.1. The minimum absolute atomic E-state index is 0.0956. The molecule has 0 amide bonds. The summed E-state index contributed by atoms with van der Waals surface area (Å²) >= 11 is 12.0. The summed E-state index contributed by atoms with van der Waals surface area (Å²) in [5, 5.41) is 4.91. The quantitative estimate of drug-likeness (QED) is 0.332. The fraction of sp³-hybridized carbons (Fsp3) is 0.185. The van der Waals surface area contributed by atoms with Crippen LogP contribution in [0.2, 0.25) is 5.02 Å². The van der Waals surface area contributed by atoms with Gasteiger partial charge >= 0.3 is 0 Å². The molecule has 5 nitrogen and oxygen atoms in total. The van der Waals surface area contributed by atoms with Gasteiger partial charge in [-0.05, 0) is 86.2 Å². The molecule has 7 heteroatoms. The number of thiocarbonyl (C=S) groups is 1. The highest BCUT2D eigenvalue weighted by Gasteiger charge is 2.42. The molecule has 172 valence electrons. The summed E-state index contributed by atoms with van der Waals surface area (Å²) in [5.74, 6) is 0.784. The van der Waals surface area contributed by atoms with Crippen LogP contribution in [0.3, 0.4) is 0 Å². The Hall–Kier alpha value is -3.35. The normalized spacial score (nSPS) is 17.6. The molecule has 1 N–H and O–H groups in total. The number of benzene rings is 2. The molecule has 5 rings (SSSR count). The SMILES string of the molecule is COc1cccc(N2C(=S)N[C@H](c3ccccn3)[C@H]2c2cc(C)n(-c3ccc(Cl)cc3)c2C)c1. The average Bonchev–Trinajstić information content (AvgIpc) is 3.35. The van der Waals surface area contributed by atoms with Crippen LogP contribution in [-0.2, 0) is 0 Å². The predicted octanol–water partition coefficient (Wildman–Crippen LogP) is 6.33. The van der Waals surface area contributed by atoms with Crippen LogP contribution in [0.1, 0.15) is 34.7 Å². The lowest BCUT2D eigenvalue weighted by molar-refractivity contribution is 0.415. The third kappa shape index (κ3) is 3.93. The number of halogens is 1. The lowest BCUT2D eigenvalue weighted by Gasteiger charge is -2.28. The maximum Gasteiger partial charge on any atom is 0.174 e. The number of anilines is 1. The summed E-state index contributed by atoms with van der Waals surface area (Å²) in [6, 6.07) is 23.9. The topological polar surface area (TPSA) is 42.3 Å². The molecule has 0 spiro atoms. The van der Waals surface area contributed by atoms with Gasteiger partial charge in [-0.15, -0.1) is 0 Å². The minimum atomic E-state index is -0.112. The second kappa shape index (κ2) is 9.12. The van der Waals surface area contributed by atoms with Gasteiger partial charge in [0, 0.05) is 40.0 Å². The molecule has 0 bridgehead atoms. The molecule has 0 radical (unpaired) electrons. The van der Waals surface area contributed by atoms with E-state index in [0.717, 1.165) is 39.2 Å². The van der Waals surface area contributed by atoms with Crippen molar-refractivity contribution in [2.45, 2.75) is 25.9 Å². The van der Waals surface area contributed by atoms with Gasteiger partial charge in [-0.25, -0.2) is 0 Å². The van der Waals surface area contributed by atoms with Crippen molar-refractivity contribution in [2.24, 2.45) is 0 Å². The molecule has 0 saturated carbocycles. The Balaban J connectivity index is 1.68. The molecule has 1 aliphatic heterocycles. The summed E-state index contributed by atoms with van der Waals surface area (Å²) in [7, 11) is 1.67. The number of aromatic nitrogens is 2. The number of hydrogen-bond donors (Lipinski definition) is 1. The van der Waals surface area contributed by atoms with E-state index in [1.807, 2.05) is 66.9 Å². The Kier molecular flexibility index (Phi) is 6.02. The van der Waals surface area contributed by atoms with Crippen LogP contribution in [0.15, 0.2) is 79.0 Å². The second-order valence-electron chi connectivity index (χ2n) is 8.34. The number of nitrogens with zero attached hydrogens (tertiary/aromatic N) is 3. The molecule has 0 unspecified atom stereocenters. The van der Waals surface area contributed by atoms with Crippen molar-refractivity contribution in [1.82, 2.24) is 14.9 Å². The lowest BCUT2D eigenvalue weighted by atomic mass is 9.96. The summed E-state index contributed by atoms with van der Waals surface area (Å²) in [6.45, 7) is 4.27. The molecule has 34 heavy (non-hydrogen) atoms. The fourth-order valence-corrected chi connectivity index (χ4v) is 5.26. The van der Waals surface area contributed by atoms with Crippen LogP contribution in [0.25, 0.3) is 5.69 Å². The van der Waals surface area contributed by atoms with Gasteiger partial charge in [0.15, 0.2) is 5.11 Å². The van der Waals surface area contributed by atoms with Gasteiger partial charge in [0.1, 0.15) is 5.75 Å². The first-order valence-corrected chi connectivity index (χ1v) is 11.9. The number of rotatable bonds is 5. The third-order valence-corrected chi connectivity index (χ3v) is 6.87. The van der Waals surface area contributed by atoms with Gasteiger partial charge < -0.3 is 19.5 Å². The van der Waals surface area contributed by atoms with E-state index in [1.165, 1.54) is 5.56 Å². The van der Waals surface area contributed by atoms with Gasteiger partial charge in [-0.1, -0.05) is 23.7 Å². The van der Waals surface area contributed by atoms with E-state index in [4.69, 9.17) is 28.6 Å². The van der Waals surface area contributed by atoms with Crippen LogP contribution in [0.5, 0.6) is 5.75 Å². The van der Waals surface area contributed by atoms with E-state index >= 15 is 0 Å². The van der Waals surface area contributed by atoms with Crippen LogP contribution >= 0.6 is 23.8 Å². The van der Waals surface area contributed by atoms with Crippen LogP contribution in [0.4, 0.5) is 5.69 Å². The maximum atomic E-state index is 6.15. The maximum absolute atomic E-state index is 6.15. The largest absolute Gasteiger partial charge is 0.497 e. The molecule has 1 saturated heterocycles. The van der Waals surface area contributed by atoms with E-state index < -0.39 is 0 Å². The zero-order valence-electron chi connectivity index (χ0n) is 19.2. The Morgan fingerprint density at radius 1 is 0.971 bits per heavy atom. The standard InChI is InChI=1S/C27H25ClN4OS/c1-17-15-23(18(2)31(17)20-12-10-19(28)11-13-20)26-25(24-9-4-5-14-29-24)30-27(34)32(26)21-7-6-8-22(16-21)33-3/h4-16,25-26H,1-3H3,(H,30,34)/t25-,26-/m1/s1. The van der Waals surface area contributed by atoms with Gasteiger partial charge in [0.25, 0.3) is 0 Å². The molecule has 1 aliphatic rings. The van der Waals surface area contributed by atoms with Gasteiger partial charge in [-0.2, -0.15) is 0 Å². The zero-order valence-corrected chi connectivity index (χ0v) is 20.8. The van der Waals surface area contributed by atoms with Gasteiger partial charge in [0.05, 0.1) is 24.9 Å². The van der Waals surface area contributed by atoms with Crippen LogP contribution in [-0.4, -0.2) is 21.8 Å². The molecular weight excluding hydrogens is 464 g/mol. The van der Waals surface area contributed by atoms with E-state index in [9.17, 15) is 0 Å². The number of pyridine rings is 1. The van der Waals surface area contributed by atoms with Crippen LogP contribution in [0, 0.1) is 13.8 Å². The van der Waals surface area contributed by atoms with E-state index in [-0.39, 0.29) is 12.1 Å². The molecule has 2 aromatic carbocycles. The summed E-state index contributed by atoms with van der Waals surface area (Å²) in [5.41, 5.74) is 6.44. The second-order valence-corrected chi connectivity index (χ2v) is 9.16. The predicted molar refractivity (Wildman–Crippen MR) is 141 cm³/mol. The molecule has 4 aromatic rings. The zero-order chi connectivity index (χ0) is 23.8. The minimum Gasteiger partial charge on any atom is -0.497 e. The number of methoxy groups -OCH3 is 1. The van der Waals surface area contributed by atoms with Gasteiger partial charge in [-0.3, -0.25) is 4.98 Å². The van der Waals surface area contributed by atoms with Crippen molar-refractivity contribution in [2.75, 3.05) is 12.0 Å². The highest BCUT2D eigenvalue weighted by Crippen LogP contribution is 2.44. The van der Waals surface area contributed by atoms with E-state index in [2.05, 4.69) is 45.7 Å². The summed E-state index contributed by atoms with van der Waals surface area (Å²) in [6.07, 6.45) is 1.82. The first-order chi connectivity index (χ1) is 16.5. The smallest absolute Gasteiger partial charge is 0.174 e. The number of ether oxygens (including phenoxy) is 1. The number of hydrogen-bond acceptors (Lipinski definition) is 3.